The molecule has 1 N–H and O–H groups in total. The molecule has 2 aromatic rings. The van der Waals surface area contributed by atoms with Gasteiger partial charge in [0, 0.05) is 15.0 Å². The van der Waals surface area contributed by atoms with Gasteiger partial charge in [-0.05, 0) is 43.3 Å². The zero-order valence-corrected chi connectivity index (χ0v) is 11.9. The van der Waals surface area contributed by atoms with Gasteiger partial charge in [-0.1, -0.05) is 27.5 Å². The van der Waals surface area contributed by atoms with Gasteiger partial charge in [0.25, 0.3) is 0 Å². The maximum atomic E-state index is 5.91. The van der Waals surface area contributed by atoms with Gasteiger partial charge in [-0.2, -0.15) is 0 Å². The Hall–Kier alpha value is -0.510. The Morgan fingerprint density at radius 2 is 1.88 bits per heavy atom. The molecule has 0 saturated heterocycles. The average molecular weight is 317 g/mol. The molecule has 4 heteroatoms. The number of anilines is 1. The predicted octanol–water partition coefficient (Wildman–Crippen LogP) is 5.34. The summed E-state index contributed by atoms with van der Waals surface area (Å²) < 4.78 is 1.92. The van der Waals surface area contributed by atoms with Crippen LogP contribution < -0.4 is 5.32 Å². The van der Waals surface area contributed by atoms with E-state index in [1.165, 1.54) is 4.88 Å². The molecule has 0 saturated carbocycles. The Balaban J connectivity index is 2.07. The van der Waals surface area contributed by atoms with Crippen LogP contribution in [0.4, 0.5) is 5.69 Å². The van der Waals surface area contributed by atoms with Gasteiger partial charge < -0.3 is 5.32 Å². The first-order valence-corrected chi connectivity index (χ1v) is 6.91. The second kappa shape index (κ2) is 5.21. The second-order valence-corrected chi connectivity index (χ2v) is 6.18. The Morgan fingerprint density at radius 1 is 1.19 bits per heavy atom. The largest absolute Gasteiger partial charge is 0.378 e. The van der Waals surface area contributed by atoms with Gasteiger partial charge >= 0.3 is 0 Å². The molecule has 16 heavy (non-hydrogen) atoms. The van der Waals surface area contributed by atoms with Gasteiger partial charge in [-0.15, -0.1) is 11.3 Å². The standard InChI is InChI=1S/C12H11BrClNS/c1-8(11-6-7-12(14)16-11)15-10-4-2-9(13)3-5-10/h2-8,15H,1H3. The van der Waals surface area contributed by atoms with Crippen LogP contribution in [0, 0.1) is 0 Å². The van der Waals surface area contributed by atoms with Crippen LogP contribution in [0.25, 0.3) is 0 Å². The summed E-state index contributed by atoms with van der Waals surface area (Å²) in [6, 6.07) is 12.4. The minimum absolute atomic E-state index is 0.277. The monoisotopic (exact) mass is 315 g/mol. The van der Waals surface area contributed by atoms with Crippen molar-refractivity contribution in [2.45, 2.75) is 13.0 Å². The van der Waals surface area contributed by atoms with Crippen LogP contribution in [0.3, 0.4) is 0 Å². The molecule has 2 rings (SSSR count). The van der Waals surface area contributed by atoms with Crippen LogP contribution in [0.2, 0.25) is 4.34 Å². The molecule has 1 aromatic heterocycles. The third-order valence-corrected chi connectivity index (χ3v) is 4.19. The van der Waals surface area contributed by atoms with Crippen molar-refractivity contribution in [1.29, 1.82) is 0 Å². The highest BCUT2D eigenvalue weighted by Gasteiger charge is 2.07. The van der Waals surface area contributed by atoms with E-state index in [1.54, 1.807) is 11.3 Å². The van der Waals surface area contributed by atoms with Gasteiger partial charge in [0.15, 0.2) is 0 Å². The van der Waals surface area contributed by atoms with Gasteiger partial charge in [0.05, 0.1) is 10.4 Å². The third-order valence-electron chi connectivity index (χ3n) is 2.25. The highest BCUT2D eigenvalue weighted by atomic mass is 79.9. The quantitative estimate of drug-likeness (QED) is 0.806. The summed E-state index contributed by atoms with van der Waals surface area (Å²) in [4.78, 5) is 1.24. The lowest BCUT2D eigenvalue weighted by atomic mass is 10.2. The highest BCUT2D eigenvalue weighted by Crippen LogP contribution is 2.29. The van der Waals surface area contributed by atoms with E-state index in [1.807, 2.05) is 18.2 Å². The average Bonchev–Trinajstić information content (AvgIpc) is 2.68. The number of hydrogen-bond donors (Lipinski definition) is 1. The first-order valence-electron chi connectivity index (χ1n) is 4.92. The van der Waals surface area contributed by atoms with Crippen molar-refractivity contribution in [3.8, 4) is 0 Å². The van der Waals surface area contributed by atoms with Crippen molar-refractivity contribution in [3.63, 3.8) is 0 Å². The Labute approximate surface area is 113 Å². The fourth-order valence-electron chi connectivity index (χ4n) is 1.43. The molecule has 0 bridgehead atoms. The zero-order valence-electron chi connectivity index (χ0n) is 8.71. The normalized spacial score (nSPS) is 12.4. The molecular weight excluding hydrogens is 306 g/mol. The summed E-state index contributed by atoms with van der Waals surface area (Å²) in [5.41, 5.74) is 1.11. The number of thiophene rings is 1. The molecule has 0 radical (unpaired) electrons. The number of rotatable bonds is 3. The van der Waals surface area contributed by atoms with E-state index < -0.39 is 0 Å². The molecule has 1 atom stereocenters. The molecular formula is C12H11BrClNS. The molecule has 1 unspecified atom stereocenters. The van der Waals surface area contributed by atoms with E-state index in [2.05, 4.69) is 46.4 Å². The summed E-state index contributed by atoms with van der Waals surface area (Å²) >= 11 is 10.9. The van der Waals surface area contributed by atoms with Crippen molar-refractivity contribution in [2.24, 2.45) is 0 Å². The summed E-state index contributed by atoms with van der Waals surface area (Å²) in [6.45, 7) is 2.13. The van der Waals surface area contributed by atoms with Crippen LogP contribution in [0.1, 0.15) is 17.8 Å². The fraction of sp³-hybridized carbons (Fsp3) is 0.167. The van der Waals surface area contributed by atoms with Crippen molar-refractivity contribution < 1.29 is 0 Å². The number of nitrogens with one attached hydrogen (secondary N) is 1. The summed E-state index contributed by atoms with van der Waals surface area (Å²) in [6.07, 6.45) is 0. The molecule has 0 aliphatic rings. The number of benzene rings is 1. The fourth-order valence-corrected chi connectivity index (χ4v) is 2.76. The molecule has 84 valence electrons. The third kappa shape index (κ3) is 3.00. The van der Waals surface area contributed by atoms with Crippen molar-refractivity contribution >= 4 is 44.6 Å². The second-order valence-electron chi connectivity index (χ2n) is 3.51. The van der Waals surface area contributed by atoms with E-state index in [9.17, 15) is 0 Å². The van der Waals surface area contributed by atoms with Crippen LogP contribution in [-0.2, 0) is 0 Å². The SMILES string of the molecule is CC(Nc1ccc(Br)cc1)c1ccc(Cl)s1. The lowest BCUT2D eigenvalue weighted by molar-refractivity contribution is 0.908. The first kappa shape index (κ1) is 12.0. The van der Waals surface area contributed by atoms with Crippen molar-refractivity contribution in [2.75, 3.05) is 5.32 Å². The molecule has 1 aromatic carbocycles. The van der Waals surface area contributed by atoms with Crippen LogP contribution in [0.5, 0.6) is 0 Å². The molecule has 0 fully saturated rings. The highest BCUT2D eigenvalue weighted by molar-refractivity contribution is 9.10. The molecule has 1 heterocycles. The smallest absolute Gasteiger partial charge is 0.0932 e. The Morgan fingerprint density at radius 3 is 2.44 bits per heavy atom. The maximum absolute atomic E-state index is 5.91. The van der Waals surface area contributed by atoms with Crippen LogP contribution >= 0.6 is 38.9 Å². The summed E-state index contributed by atoms with van der Waals surface area (Å²) in [5, 5.41) is 3.43. The Kier molecular flexibility index (Phi) is 3.90. The molecule has 0 spiro atoms. The van der Waals surface area contributed by atoms with Gasteiger partial charge in [-0.3, -0.25) is 0 Å². The van der Waals surface area contributed by atoms with E-state index in [-0.39, 0.29) is 6.04 Å². The topological polar surface area (TPSA) is 12.0 Å². The summed E-state index contributed by atoms with van der Waals surface area (Å²) in [5.74, 6) is 0. The van der Waals surface area contributed by atoms with Gasteiger partial charge in [0.2, 0.25) is 0 Å². The van der Waals surface area contributed by atoms with E-state index in [0.29, 0.717) is 0 Å². The lowest BCUT2D eigenvalue weighted by Gasteiger charge is -2.13. The van der Waals surface area contributed by atoms with Gasteiger partial charge in [0.1, 0.15) is 0 Å². The van der Waals surface area contributed by atoms with Gasteiger partial charge in [-0.25, -0.2) is 0 Å². The Bertz CT molecular complexity index is 466. The minimum atomic E-state index is 0.277. The van der Waals surface area contributed by atoms with Crippen molar-refractivity contribution in [1.82, 2.24) is 0 Å². The zero-order chi connectivity index (χ0) is 11.5. The molecule has 0 aliphatic carbocycles. The maximum Gasteiger partial charge on any atom is 0.0932 e. The number of halogens is 2. The lowest BCUT2D eigenvalue weighted by Crippen LogP contribution is -2.04. The van der Waals surface area contributed by atoms with Crippen LogP contribution in [-0.4, -0.2) is 0 Å². The van der Waals surface area contributed by atoms with E-state index in [0.717, 1.165) is 14.5 Å². The predicted molar refractivity (Wildman–Crippen MR) is 75.5 cm³/mol. The number of hydrogen-bond acceptors (Lipinski definition) is 2. The molecule has 0 amide bonds. The van der Waals surface area contributed by atoms with E-state index >= 15 is 0 Å². The minimum Gasteiger partial charge on any atom is -0.378 e. The summed E-state index contributed by atoms with van der Waals surface area (Å²) in [7, 11) is 0. The molecule has 0 aliphatic heterocycles. The van der Waals surface area contributed by atoms with E-state index in [4.69, 9.17) is 11.6 Å². The van der Waals surface area contributed by atoms with Crippen LogP contribution in [0.15, 0.2) is 40.9 Å². The van der Waals surface area contributed by atoms with Crippen molar-refractivity contribution in [3.05, 3.63) is 50.1 Å². The molecule has 1 nitrogen and oxygen atoms in total. The first-order chi connectivity index (χ1) is 7.65.